The van der Waals surface area contributed by atoms with Gasteiger partial charge < -0.3 is 26.8 Å². The predicted octanol–water partition coefficient (Wildman–Crippen LogP) is 1.83. The monoisotopic (exact) mass is 405 g/mol. The maximum atomic E-state index is 10.2. The highest BCUT2D eigenvalue weighted by atomic mass is 16.3. The van der Waals surface area contributed by atoms with Crippen molar-refractivity contribution in [3.63, 3.8) is 0 Å². The molecule has 0 fully saturated rings. The smallest absolute Gasteiger partial charge is 0.158 e. The van der Waals surface area contributed by atoms with Crippen molar-refractivity contribution in [2.75, 3.05) is 22.5 Å². The van der Waals surface area contributed by atoms with Crippen molar-refractivity contribution in [1.82, 2.24) is 19.9 Å². The van der Waals surface area contributed by atoms with E-state index in [1.807, 2.05) is 36.4 Å². The van der Waals surface area contributed by atoms with E-state index in [9.17, 15) is 5.11 Å². The van der Waals surface area contributed by atoms with Crippen LogP contribution in [0.5, 0.6) is 0 Å². The summed E-state index contributed by atoms with van der Waals surface area (Å²) >= 11 is 0. The lowest BCUT2D eigenvalue weighted by molar-refractivity contribution is 0.167. The largest absolute Gasteiger partial charge is 0.372 e. The highest BCUT2D eigenvalue weighted by Crippen LogP contribution is 2.14. The van der Waals surface area contributed by atoms with Gasteiger partial charge in [-0.25, -0.2) is 19.9 Å². The number of nitrogens with zero attached hydrogens (tertiary/aromatic N) is 5. The second-order valence-electron chi connectivity index (χ2n) is 6.50. The van der Waals surface area contributed by atoms with Gasteiger partial charge in [0.25, 0.3) is 0 Å². The topological polar surface area (TPSA) is 158 Å². The Hall–Kier alpha value is -3.81. The third-order valence-electron chi connectivity index (χ3n) is 4.20. The third-order valence-corrected chi connectivity index (χ3v) is 4.20. The average molecular weight is 405 g/mol. The van der Waals surface area contributed by atoms with Crippen LogP contribution in [0.4, 0.5) is 23.1 Å². The van der Waals surface area contributed by atoms with Crippen molar-refractivity contribution in [3.05, 3.63) is 60.8 Å². The van der Waals surface area contributed by atoms with E-state index in [1.54, 1.807) is 6.07 Å². The molecule has 0 saturated heterocycles. The average Bonchev–Trinajstić information content (AvgIpc) is 2.78. The van der Waals surface area contributed by atoms with Gasteiger partial charge in [0.1, 0.15) is 36.1 Å². The van der Waals surface area contributed by atoms with Gasteiger partial charge in [-0.3, -0.25) is 0 Å². The van der Waals surface area contributed by atoms with Crippen LogP contribution in [0.25, 0.3) is 0 Å². The zero-order chi connectivity index (χ0) is 21.2. The number of nitrogens with one attached hydrogen (secondary N) is 3. The molecule has 0 saturated carbocycles. The van der Waals surface area contributed by atoms with Crippen LogP contribution in [0.1, 0.15) is 18.5 Å². The number of aromatic nitrogens is 4. The van der Waals surface area contributed by atoms with Gasteiger partial charge in [0.15, 0.2) is 5.69 Å². The molecule has 154 valence electrons. The second kappa shape index (κ2) is 10.7. The molecular weight excluding hydrogens is 382 g/mol. The van der Waals surface area contributed by atoms with Gasteiger partial charge in [-0.2, -0.15) is 5.26 Å². The molecule has 3 aromatic rings. The number of aliphatic hydroxyl groups excluding tert-OH is 1. The lowest BCUT2D eigenvalue weighted by atomic mass is 10.1. The fourth-order valence-corrected chi connectivity index (χ4v) is 2.63. The second-order valence-corrected chi connectivity index (χ2v) is 6.50. The molecule has 0 aliphatic carbocycles. The Morgan fingerprint density at radius 3 is 2.57 bits per heavy atom. The molecule has 2 atom stereocenters. The first-order valence-corrected chi connectivity index (χ1v) is 9.44. The van der Waals surface area contributed by atoms with Crippen LogP contribution in [-0.2, 0) is 0 Å². The SMILES string of the molecule is N#Cc1cnc(Nc2cc(NCCC[C@@H](N)[C@H](O)Nc3ccccc3)ncn2)cn1. The van der Waals surface area contributed by atoms with Gasteiger partial charge in [-0.1, -0.05) is 18.2 Å². The Balaban J connectivity index is 1.42. The molecule has 0 spiro atoms. The molecule has 10 nitrogen and oxygen atoms in total. The predicted molar refractivity (Wildman–Crippen MR) is 114 cm³/mol. The van der Waals surface area contributed by atoms with Crippen molar-refractivity contribution < 1.29 is 5.11 Å². The summed E-state index contributed by atoms with van der Waals surface area (Å²) in [4.78, 5) is 16.4. The van der Waals surface area contributed by atoms with Crippen LogP contribution in [0.15, 0.2) is 55.1 Å². The standard InChI is InChI=1S/C20H23N9O/c21-10-15-11-25-19(12-24-15)29-18-9-17(26-13-27-18)23-8-4-7-16(22)20(30)28-14-5-2-1-3-6-14/h1-3,5-6,9,11-13,16,20,28,30H,4,7-8,22H2,(H2,23,25,26,27,29)/t16-,20+/m1/s1. The van der Waals surface area contributed by atoms with Crippen LogP contribution in [0.2, 0.25) is 0 Å². The quantitative estimate of drug-likeness (QED) is 0.249. The van der Waals surface area contributed by atoms with E-state index in [1.165, 1.54) is 18.7 Å². The Kier molecular flexibility index (Phi) is 7.43. The molecule has 6 N–H and O–H groups in total. The van der Waals surface area contributed by atoms with Crippen molar-refractivity contribution >= 4 is 23.1 Å². The van der Waals surface area contributed by atoms with E-state index in [0.29, 0.717) is 30.4 Å². The first-order chi connectivity index (χ1) is 14.6. The molecule has 0 unspecified atom stereocenters. The molecule has 0 aliphatic rings. The summed E-state index contributed by atoms with van der Waals surface area (Å²) in [5.74, 6) is 1.67. The number of rotatable bonds is 10. The van der Waals surface area contributed by atoms with Crippen molar-refractivity contribution in [2.45, 2.75) is 25.1 Å². The van der Waals surface area contributed by atoms with E-state index >= 15 is 0 Å². The fourth-order valence-electron chi connectivity index (χ4n) is 2.63. The minimum absolute atomic E-state index is 0.243. The molecule has 0 radical (unpaired) electrons. The highest BCUT2D eigenvalue weighted by molar-refractivity contribution is 5.54. The lowest BCUT2D eigenvalue weighted by Crippen LogP contribution is -2.40. The van der Waals surface area contributed by atoms with Crippen LogP contribution in [0, 0.1) is 11.3 Å². The van der Waals surface area contributed by atoms with E-state index in [2.05, 4.69) is 35.9 Å². The molecule has 1 aromatic carbocycles. The molecule has 0 aliphatic heterocycles. The van der Waals surface area contributed by atoms with E-state index < -0.39 is 12.3 Å². The van der Waals surface area contributed by atoms with Crippen LogP contribution >= 0.6 is 0 Å². The van der Waals surface area contributed by atoms with Crippen LogP contribution < -0.4 is 21.7 Å². The van der Waals surface area contributed by atoms with Crippen molar-refractivity contribution in [2.24, 2.45) is 5.73 Å². The molecule has 2 aromatic heterocycles. The summed E-state index contributed by atoms with van der Waals surface area (Å²) in [7, 11) is 0. The van der Waals surface area contributed by atoms with E-state index in [4.69, 9.17) is 11.0 Å². The van der Waals surface area contributed by atoms with Crippen LogP contribution in [0.3, 0.4) is 0 Å². The summed E-state index contributed by atoms with van der Waals surface area (Å²) in [6.07, 6.45) is 4.83. The van der Waals surface area contributed by atoms with Crippen molar-refractivity contribution in [1.29, 1.82) is 5.26 Å². The minimum atomic E-state index is -0.823. The Labute approximate surface area is 174 Å². The zero-order valence-corrected chi connectivity index (χ0v) is 16.2. The molecule has 3 rings (SSSR count). The summed E-state index contributed by atoms with van der Waals surface area (Å²) in [6, 6.07) is 12.7. The maximum Gasteiger partial charge on any atom is 0.158 e. The number of anilines is 4. The van der Waals surface area contributed by atoms with Gasteiger partial charge in [0.05, 0.1) is 12.4 Å². The van der Waals surface area contributed by atoms with E-state index in [0.717, 1.165) is 12.1 Å². The first kappa shape index (κ1) is 20.9. The molecule has 10 heteroatoms. The number of para-hydroxylation sites is 1. The van der Waals surface area contributed by atoms with Gasteiger partial charge in [0.2, 0.25) is 0 Å². The molecule has 0 bridgehead atoms. The Bertz CT molecular complexity index is 960. The minimum Gasteiger partial charge on any atom is -0.372 e. The number of benzene rings is 1. The number of aliphatic hydroxyl groups is 1. The fraction of sp³-hybridized carbons (Fsp3) is 0.250. The molecule has 30 heavy (non-hydrogen) atoms. The zero-order valence-electron chi connectivity index (χ0n) is 16.2. The highest BCUT2D eigenvalue weighted by Gasteiger charge is 2.14. The lowest BCUT2D eigenvalue weighted by Gasteiger charge is -2.21. The molecule has 0 amide bonds. The summed E-state index contributed by atoms with van der Waals surface area (Å²) in [6.45, 7) is 0.638. The first-order valence-electron chi connectivity index (χ1n) is 9.44. The van der Waals surface area contributed by atoms with Gasteiger partial charge in [-0.05, 0) is 25.0 Å². The summed E-state index contributed by atoms with van der Waals surface area (Å²) in [5, 5.41) is 28.1. The normalized spacial score (nSPS) is 12.4. The maximum absolute atomic E-state index is 10.2. The van der Waals surface area contributed by atoms with Crippen molar-refractivity contribution in [3.8, 4) is 6.07 Å². The summed E-state index contributed by atoms with van der Waals surface area (Å²) in [5.41, 5.74) is 7.14. The van der Waals surface area contributed by atoms with E-state index in [-0.39, 0.29) is 5.69 Å². The molecule has 2 heterocycles. The van der Waals surface area contributed by atoms with Gasteiger partial charge in [-0.15, -0.1) is 0 Å². The number of hydrogen-bond donors (Lipinski definition) is 5. The van der Waals surface area contributed by atoms with Gasteiger partial charge in [0, 0.05) is 24.3 Å². The summed E-state index contributed by atoms with van der Waals surface area (Å²) < 4.78 is 0. The number of nitrogens with two attached hydrogens (primary N) is 1. The number of hydrogen-bond acceptors (Lipinski definition) is 10. The number of nitriles is 1. The van der Waals surface area contributed by atoms with Gasteiger partial charge >= 0.3 is 0 Å². The Morgan fingerprint density at radius 1 is 1.03 bits per heavy atom. The Morgan fingerprint density at radius 2 is 1.83 bits per heavy atom. The van der Waals surface area contributed by atoms with Crippen LogP contribution in [-0.4, -0.2) is 43.9 Å². The third kappa shape index (κ3) is 6.37. The molecular formula is C20H23N9O.